The van der Waals surface area contributed by atoms with Gasteiger partial charge in [-0.05, 0) is 36.6 Å². The molecule has 2 aromatic carbocycles. The molecule has 4 heteroatoms. The Morgan fingerprint density at radius 3 is 2.05 bits per heavy atom. The predicted octanol–water partition coefficient (Wildman–Crippen LogP) is 3.77. The fraction of sp³-hybridized carbons (Fsp3) is 0.200. The van der Waals surface area contributed by atoms with Crippen LogP contribution >= 0.6 is 0 Å². The van der Waals surface area contributed by atoms with Crippen molar-refractivity contribution in [3.05, 3.63) is 70.0 Å². The van der Waals surface area contributed by atoms with E-state index in [2.05, 4.69) is 0 Å². The molecule has 1 atom stereocenters. The van der Waals surface area contributed by atoms with Crippen molar-refractivity contribution >= 4 is 0 Å². The molecule has 0 bridgehead atoms. The number of benzene rings is 2. The number of hydrogen-bond acceptors (Lipinski definition) is 1. The summed E-state index contributed by atoms with van der Waals surface area (Å²) < 4.78 is 40.0. The molecule has 0 saturated carbocycles. The monoisotopic (exact) mass is 265 g/mol. The first-order chi connectivity index (χ1) is 8.93. The number of hydrogen-bond donors (Lipinski definition) is 1. The summed E-state index contributed by atoms with van der Waals surface area (Å²) in [5.74, 6) is -3.93. The fourth-order valence-corrected chi connectivity index (χ4v) is 2.25. The van der Waals surface area contributed by atoms with Gasteiger partial charge in [0, 0.05) is 5.56 Å². The average Bonchev–Trinajstić information content (AvgIpc) is 2.35. The van der Waals surface area contributed by atoms with Gasteiger partial charge in [0.05, 0.1) is 6.04 Å². The summed E-state index contributed by atoms with van der Waals surface area (Å²) in [6, 6.07) is 6.81. The van der Waals surface area contributed by atoms with Gasteiger partial charge >= 0.3 is 0 Å². The van der Waals surface area contributed by atoms with E-state index < -0.39 is 23.5 Å². The van der Waals surface area contributed by atoms with Gasteiger partial charge in [-0.3, -0.25) is 0 Å². The van der Waals surface area contributed by atoms with Gasteiger partial charge in [-0.2, -0.15) is 0 Å². The van der Waals surface area contributed by atoms with E-state index in [1.165, 1.54) is 6.07 Å². The summed E-state index contributed by atoms with van der Waals surface area (Å²) in [6.07, 6.45) is 0. The van der Waals surface area contributed by atoms with Crippen molar-refractivity contribution in [1.29, 1.82) is 0 Å². The molecule has 1 unspecified atom stereocenters. The highest BCUT2D eigenvalue weighted by Gasteiger charge is 2.21. The minimum absolute atomic E-state index is 0.0451. The number of halogens is 3. The number of nitrogens with two attached hydrogens (primary N) is 1. The molecular weight excluding hydrogens is 251 g/mol. The van der Waals surface area contributed by atoms with E-state index in [9.17, 15) is 13.2 Å². The van der Waals surface area contributed by atoms with E-state index in [0.717, 1.165) is 22.8 Å². The van der Waals surface area contributed by atoms with Crippen molar-refractivity contribution in [3.8, 4) is 0 Å². The third kappa shape index (κ3) is 2.36. The summed E-state index contributed by atoms with van der Waals surface area (Å²) in [5.41, 5.74) is 8.46. The lowest BCUT2D eigenvalue weighted by molar-refractivity contribution is 0.438. The lowest BCUT2D eigenvalue weighted by atomic mass is 9.91. The van der Waals surface area contributed by atoms with E-state index in [4.69, 9.17) is 5.73 Å². The smallest absolute Gasteiger partial charge is 0.194 e. The minimum Gasteiger partial charge on any atom is -0.320 e. The third-order valence-corrected chi connectivity index (χ3v) is 3.25. The molecule has 0 saturated heterocycles. The Hall–Kier alpha value is -1.81. The summed E-state index contributed by atoms with van der Waals surface area (Å²) in [7, 11) is 0. The summed E-state index contributed by atoms with van der Waals surface area (Å²) in [4.78, 5) is 0. The van der Waals surface area contributed by atoms with E-state index in [-0.39, 0.29) is 5.56 Å². The second-order valence-corrected chi connectivity index (χ2v) is 4.55. The van der Waals surface area contributed by atoms with Gasteiger partial charge < -0.3 is 5.73 Å². The quantitative estimate of drug-likeness (QED) is 0.822. The second kappa shape index (κ2) is 5.05. The molecule has 0 aliphatic rings. The Labute approximate surface area is 109 Å². The maximum Gasteiger partial charge on any atom is 0.194 e. The lowest BCUT2D eigenvalue weighted by Gasteiger charge is -2.18. The molecular formula is C15H14F3N. The topological polar surface area (TPSA) is 26.0 Å². The van der Waals surface area contributed by atoms with Crippen molar-refractivity contribution < 1.29 is 13.2 Å². The Balaban J connectivity index is 2.57. The largest absolute Gasteiger partial charge is 0.320 e. The fourth-order valence-electron chi connectivity index (χ4n) is 2.25. The number of rotatable bonds is 2. The van der Waals surface area contributed by atoms with Gasteiger partial charge in [0.15, 0.2) is 17.5 Å². The molecule has 2 rings (SSSR count). The van der Waals surface area contributed by atoms with Crippen LogP contribution in [0.1, 0.15) is 28.3 Å². The Morgan fingerprint density at radius 1 is 0.895 bits per heavy atom. The van der Waals surface area contributed by atoms with Gasteiger partial charge in [-0.1, -0.05) is 24.3 Å². The van der Waals surface area contributed by atoms with Crippen LogP contribution < -0.4 is 5.73 Å². The summed E-state index contributed by atoms with van der Waals surface area (Å²) in [5, 5.41) is 0. The molecule has 0 aliphatic heterocycles. The third-order valence-electron chi connectivity index (χ3n) is 3.25. The molecule has 0 fully saturated rings. The Morgan fingerprint density at radius 2 is 1.47 bits per heavy atom. The van der Waals surface area contributed by atoms with Crippen molar-refractivity contribution in [2.24, 2.45) is 5.73 Å². The number of aryl methyl sites for hydroxylation is 2. The zero-order chi connectivity index (χ0) is 14.2. The van der Waals surface area contributed by atoms with Crippen LogP contribution in [0.4, 0.5) is 13.2 Å². The maximum absolute atomic E-state index is 13.8. The lowest BCUT2D eigenvalue weighted by Crippen LogP contribution is -2.17. The first-order valence-electron chi connectivity index (χ1n) is 5.88. The zero-order valence-electron chi connectivity index (χ0n) is 10.7. The van der Waals surface area contributed by atoms with Crippen LogP contribution in [0.3, 0.4) is 0 Å². The average molecular weight is 265 g/mol. The Bertz CT molecular complexity index is 603. The molecule has 0 aromatic heterocycles. The molecule has 2 N–H and O–H groups in total. The molecule has 0 spiro atoms. The first kappa shape index (κ1) is 13.6. The molecule has 0 heterocycles. The highest BCUT2D eigenvalue weighted by molar-refractivity contribution is 5.42. The van der Waals surface area contributed by atoms with Crippen LogP contribution in [0.15, 0.2) is 30.3 Å². The minimum atomic E-state index is -1.49. The normalized spacial score (nSPS) is 12.5. The zero-order valence-corrected chi connectivity index (χ0v) is 10.7. The van der Waals surface area contributed by atoms with Gasteiger partial charge in [0.1, 0.15) is 0 Å². The van der Waals surface area contributed by atoms with Crippen molar-refractivity contribution in [2.75, 3.05) is 0 Å². The molecule has 19 heavy (non-hydrogen) atoms. The molecule has 0 amide bonds. The van der Waals surface area contributed by atoms with Gasteiger partial charge in [0.25, 0.3) is 0 Å². The van der Waals surface area contributed by atoms with E-state index in [1.54, 1.807) is 0 Å². The standard InChI is InChI=1S/C15H14F3N/c1-8-4-3-5-9(2)12(8)15(19)10-6-7-11(16)14(18)13(10)17/h3-7,15H,19H2,1-2H3. The van der Waals surface area contributed by atoms with Crippen LogP contribution in [0.5, 0.6) is 0 Å². The highest BCUT2D eigenvalue weighted by Crippen LogP contribution is 2.28. The molecule has 100 valence electrons. The van der Waals surface area contributed by atoms with Crippen LogP contribution in [-0.4, -0.2) is 0 Å². The summed E-state index contributed by atoms with van der Waals surface area (Å²) >= 11 is 0. The highest BCUT2D eigenvalue weighted by atomic mass is 19.2. The predicted molar refractivity (Wildman–Crippen MR) is 68.3 cm³/mol. The van der Waals surface area contributed by atoms with E-state index in [1.807, 2.05) is 32.0 Å². The molecule has 2 aromatic rings. The van der Waals surface area contributed by atoms with Crippen LogP contribution in [0.2, 0.25) is 0 Å². The Kier molecular flexibility index (Phi) is 3.62. The van der Waals surface area contributed by atoms with Gasteiger partial charge in [0.2, 0.25) is 0 Å². The van der Waals surface area contributed by atoms with E-state index >= 15 is 0 Å². The van der Waals surface area contributed by atoms with Crippen LogP contribution in [-0.2, 0) is 0 Å². The SMILES string of the molecule is Cc1cccc(C)c1C(N)c1ccc(F)c(F)c1F. The molecule has 1 nitrogen and oxygen atoms in total. The van der Waals surface area contributed by atoms with E-state index in [0.29, 0.717) is 0 Å². The van der Waals surface area contributed by atoms with Gasteiger partial charge in [-0.25, -0.2) is 13.2 Å². The first-order valence-corrected chi connectivity index (χ1v) is 5.88. The summed E-state index contributed by atoms with van der Waals surface area (Å²) in [6.45, 7) is 3.69. The molecule has 0 aliphatic carbocycles. The van der Waals surface area contributed by atoms with Gasteiger partial charge in [-0.15, -0.1) is 0 Å². The van der Waals surface area contributed by atoms with Crippen molar-refractivity contribution in [3.63, 3.8) is 0 Å². The van der Waals surface area contributed by atoms with Crippen LogP contribution in [0.25, 0.3) is 0 Å². The van der Waals surface area contributed by atoms with Crippen molar-refractivity contribution in [1.82, 2.24) is 0 Å². The maximum atomic E-state index is 13.8. The van der Waals surface area contributed by atoms with Crippen molar-refractivity contribution in [2.45, 2.75) is 19.9 Å². The second-order valence-electron chi connectivity index (χ2n) is 4.55. The molecule has 0 radical (unpaired) electrons. The van der Waals surface area contributed by atoms with Crippen LogP contribution in [0, 0.1) is 31.3 Å².